The van der Waals surface area contributed by atoms with E-state index in [1.54, 1.807) is 0 Å². The molecule has 1 aromatic rings. The van der Waals surface area contributed by atoms with E-state index in [1.165, 1.54) is 0 Å². The predicted molar refractivity (Wildman–Crippen MR) is 50.8 cm³/mol. The van der Waals surface area contributed by atoms with Crippen molar-refractivity contribution in [2.24, 2.45) is 0 Å². The first-order chi connectivity index (χ1) is 5.24. The topological polar surface area (TPSA) is 38.9 Å². The van der Waals surface area contributed by atoms with Crippen LogP contribution in [0.5, 0.6) is 0 Å². The van der Waals surface area contributed by atoms with E-state index < -0.39 is 0 Å². The summed E-state index contributed by atoms with van der Waals surface area (Å²) in [6, 6.07) is 0. The van der Waals surface area contributed by atoms with Crippen LogP contribution in [0, 0.1) is 6.92 Å². The number of hydrogen-bond acceptors (Lipinski definition) is 3. The fraction of sp³-hybridized carbons (Fsp3) is 0.714. The van der Waals surface area contributed by atoms with Crippen molar-refractivity contribution in [2.75, 3.05) is 0 Å². The maximum atomic E-state index is 4.97. The number of alkyl halides is 1. The van der Waals surface area contributed by atoms with Gasteiger partial charge in [-0.2, -0.15) is 0 Å². The predicted octanol–water partition coefficient (Wildman–Crippen LogP) is 2.13. The molecular weight excluding hydrogens is 255 g/mol. The van der Waals surface area contributed by atoms with Crippen LogP contribution >= 0.6 is 22.6 Å². The van der Waals surface area contributed by atoms with Gasteiger partial charge in [-0.1, -0.05) is 29.5 Å². The van der Waals surface area contributed by atoms with Crippen molar-refractivity contribution in [2.45, 2.75) is 30.6 Å². The monoisotopic (exact) mass is 266 g/mol. The molecule has 0 aliphatic rings. The Morgan fingerprint density at radius 3 is 2.82 bits per heavy atom. The third-order valence-corrected chi connectivity index (χ3v) is 2.92. The summed E-state index contributed by atoms with van der Waals surface area (Å²) in [7, 11) is 0. The van der Waals surface area contributed by atoms with Gasteiger partial charge in [-0.05, 0) is 13.3 Å². The van der Waals surface area contributed by atoms with Crippen molar-refractivity contribution >= 4 is 22.6 Å². The minimum absolute atomic E-state index is 0.626. The van der Waals surface area contributed by atoms with Gasteiger partial charge in [0.2, 0.25) is 0 Å². The van der Waals surface area contributed by atoms with E-state index >= 15 is 0 Å². The third-order valence-electron chi connectivity index (χ3n) is 1.60. The van der Waals surface area contributed by atoms with E-state index in [9.17, 15) is 0 Å². The van der Waals surface area contributed by atoms with Crippen LogP contribution in [-0.2, 0) is 6.42 Å². The summed E-state index contributed by atoms with van der Waals surface area (Å²) in [6.07, 6.45) is 2.09. The van der Waals surface area contributed by atoms with Gasteiger partial charge in [0.1, 0.15) is 5.69 Å². The molecule has 1 rings (SSSR count). The number of rotatable bonds is 3. The Hall–Kier alpha value is -0.130. The van der Waals surface area contributed by atoms with Crippen LogP contribution in [0.2, 0.25) is 0 Å². The van der Waals surface area contributed by atoms with Crippen molar-refractivity contribution in [3.63, 3.8) is 0 Å². The van der Waals surface area contributed by atoms with E-state index in [0.717, 1.165) is 24.3 Å². The molecule has 0 aliphatic carbocycles. The maximum absolute atomic E-state index is 4.97. The molecule has 0 amide bonds. The molecule has 0 saturated heterocycles. The largest absolute Gasteiger partial charge is 0.342 e. The van der Waals surface area contributed by atoms with Gasteiger partial charge in [0.05, 0.1) is 0 Å². The number of aryl methyl sites for hydroxylation is 1. The highest BCUT2D eigenvalue weighted by Gasteiger charge is 2.09. The second-order valence-corrected chi connectivity index (χ2v) is 4.25. The highest BCUT2D eigenvalue weighted by molar-refractivity contribution is 14.1. The van der Waals surface area contributed by atoms with Crippen molar-refractivity contribution < 1.29 is 4.52 Å². The number of aromatic nitrogens is 2. The minimum atomic E-state index is 0.626. The second-order valence-electron chi connectivity index (χ2n) is 2.49. The molecule has 1 aromatic heterocycles. The summed E-state index contributed by atoms with van der Waals surface area (Å²) in [5, 5.41) is 7.26. The zero-order valence-corrected chi connectivity index (χ0v) is 8.83. The molecule has 1 unspecified atom stereocenters. The molecule has 0 bridgehead atoms. The van der Waals surface area contributed by atoms with Crippen molar-refractivity contribution in [3.05, 3.63) is 11.5 Å². The van der Waals surface area contributed by atoms with E-state index in [1.807, 2.05) is 6.92 Å². The van der Waals surface area contributed by atoms with Gasteiger partial charge in [-0.25, -0.2) is 0 Å². The summed E-state index contributed by atoms with van der Waals surface area (Å²) < 4.78 is 5.60. The molecule has 0 spiro atoms. The zero-order chi connectivity index (χ0) is 8.27. The highest BCUT2D eigenvalue weighted by Crippen LogP contribution is 2.14. The van der Waals surface area contributed by atoms with Crippen LogP contribution < -0.4 is 0 Å². The van der Waals surface area contributed by atoms with Gasteiger partial charge in [0.15, 0.2) is 5.76 Å². The molecule has 3 nitrogen and oxygen atoms in total. The van der Waals surface area contributed by atoms with Crippen molar-refractivity contribution in [3.8, 4) is 0 Å². The van der Waals surface area contributed by atoms with E-state index in [-0.39, 0.29) is 0 Å². The van der Waals surface area contributed by atoms with Gasteiger partial charge in [-0.3, -0.25) is 0 Å². The average Bonchev–Trinajstić information content (AvgIpc) is 2.37. The molecule has 4 heteroatoms. The SMILES string of the molecule is CCC(I)Cc1onnc1C. The Kier molecular flexibility index (Phi) is 3.29. The molecule has 0 saturated carbocycles. The molecule has 0 aromatic carbocycles. The van der Waals surface area contributed by atoms with Gasteiger partial charge in [0, 0.05) is 15.6 Å². The van der Waals surface area contributed by atoms with Crippen LogP contribution in [0.15, 0.2) is 4.52 Å². The Morgan fingerprint density at radius 1 is 1.64 bits per heavy atom. The molecule has 1 heterocycles. The summed E-state index contributed by atoms with van der Waals surface area (Å²) in [5.74, 6) is 0.922. The van der Waals surface area contributed by atoms with Crippen LogP contribution in [0.1, 0.15) is 24.8 Å². The van der Waals surface area contributed by atoms with Gasteiger partial charge in [-0.15, -0.1) is 5.10 Å². The van der Waals surface area contributed by atoms with Crippen LogP contribution in [0.4, 0.5) is 0 Å². The van der Waals surface area contributed by atoms with Gasteiger partial charge < -0.3 is 4.52 Å². The molecule has 0 aliphatic heterocycles. The lowest BCUT2D eigenvalue weighted by Crippen LogP contribution is -2.00. The van der Waals surface area contributed by atoms with E-state index in [0.29, 0.717) is 3.92 Å². The molecule has 1 atom stereocenters. The normalized spacial score (nSPS) is 13.4. The van der Waals surface area contributed by atoms with Crippen LogP contribution in [0.3, 0.4) is 0 Å². The molecule has 0 radical (unpaired) electrons. The second kappa shape index (κ2) is 4.04. The lowest BCUT2D eigenvalue weighted by Gasteiger charge is -2.01. The molecular formula is C7H11IN2O. The lowest BCUT2D eigenvalue weighted by atomic mass is 10.2. The first-order valence-electron chi connectivity index (χ1n) is 3.66. The fourth-order valence-electron chi connectivity index (χ4n) is 0.783. The smallest absolute Gasteiger partial charge is 0.161 e. The van der Waals surface area contributed by atoms with E-state index in [4.69, 9.17) is 4.52 Å². The standard InChI is InChI=1S/C7H11IN2O/c1-3-6(8)4-7-5(2)9-10-11-7/h6H,3-4H2,1-2H3. The van der Waals surface area contributed by atoms with Gasteiger partial charge >= 0.3 is 0 Å². The Morgan fingerprint density at radius 2 is 2.36 bits per heavy atom. The number of halogens is 1. The highest BCUT2D eigenvalue weighted by atomic mass is 127. The van der Waals surface area contributed by atoms with Crippen molar-refractivity contribution in [1.29, 1.82) is 0 Å². The maximum Gasteiger partial charge on any atom is 0.161 e. The van der Waals surface area contributed by atoms with Gasteiger partial charge in [0.25, 0.3) is 0 Å². The fourth-order valence-corrected chi connectivity index (χ4v) is 1.18. The quantitative estimate of drug-likeness (QED) is 0.621. The summed E-state index contributed by atoms with van der Waals surface area (Å²) >= 11 is 2.41. The Balaban J connectivity index is 2.56. The first kappa shape index (κ1) is 8.96. The lowest BCUT2D eigenvalue weighted by molar-refractivity contribution is 0.361. The average molecular weight is 266 g/mol. The van der Waals surface area contributed by atoms with E-state index in [2.05, 4.69) is 39.9 Å². The minimum Gasteiger partial charge on any atom is -0.342 e. The van der Waals surface area contributed by atoms with Crippen molar-refractivity contribution in [1.82, 2.24) is 10.4 Å². The first-order valence-corrected chi connectivity index (χ1v) is 4.90. The molecule has 0 N–H and O–H groups in total. The third kappa shape index (κ3) is 2.43. The molecule has 11 heavy (non-hydrogen) atoms. The Labute approximate surface area is 79.7 Å². The van der Waals surface area contributed by atoms with Crippen LogP contribution in [-0.4, -0.2) is 14.3 Å². The summed E-state index contributed by atoms with van der Waals surface area (Å²) in [5.41, 5.74) is 0.917. The Bertz CT molecular complexity index is 224. The summed E-state index contributed by atoms with van der Waals surface area (Å²) in [6.45, 7) is 4.08. The number of hydrogen-bond donors (Lipinski definition) is 0. The molecule has 62 valence electrons. The summed E-state index contributed by atoms with van der Waals surface area (Å²) in [4.78, 5) is 0. The van der Waals surface area contributed by atoms with Crippen LogP contribution in [0.25, 0.3) is 0 Å². The number of nitrogens with zero attached hydrogens (tertiary/aromatic N) is 2. The molecule has 0 fully saturated rings. The zero-order valence-electron chi connectivity index (χ0n) is 6.67.